The molecule has 1 fully saturated rings. The molecule has 1 atom stereocenters. The highest BCUT2D eigenvalue weighted by atomic mass is 35.5. The molecule has 96 valence electrons. The third-order valence-electron chi connectivity index (χ3n) is 3.13. The van der Waals surface area contributed by atoms with Crippen molar-refractivity contribution < 1.29 is 4.79 Å². The van der Waals surface area contributed by atoms with Gasteiger partial charge >= 0.3 is 0 Å². The number of carbonyl (C=O) groups excluding carboxylic acids is 1. The summed E-state index contributed by atoms with van der Waals surface area (Å²) >= 11 is 0. The second kappa shape index (κ2) is 6.02. The van der Waals surface area contributed by atoms with Gasteiger partial charge in [0, 0.05) is 25.3 Å². The molecule has 0 aliphatic carbocycles. The van der Waals surface area contributed by atoms with E-state index in [0.29, 0.717) is 11.7 Å². The highest BCUT2D eigenvalue weighted by Gasteiger charge is 2.25. The Morgan fingerprint density at radius 1 is 1.65 bits per heavy atom. The van der Waals surface area contributed by atoms with Crippen LogP contribution in [0.5, 0.6) is 0 Å². The fraction of sp³-hybridized carbons (Fsp3) is 0.636. The van der Waals surface area contributed by atoms with E-state index in [1.54, 1.807) is 4.90 Å². The molecule has 2 heterocycles. The Morgan fingerprint density at radius 2 is 2.41 bits per heavy atom. The molecule has 1 aromatic rings. The second-order valence-corrected chi connectivity index (χ2v) is 4.19. The first kappa shape index (κ1) is 14.0. The summed E-state index contributed by atoms with van der Waals surface area (Å²) in [5.41, 5.74) is 1.52. The standard InChI is InChI=1S/C11H18N4O.ClH/c1-3-8-6-10(14-13-8)11(16)15(2)9-4-5-12-7-9;/h6,9,12H,3-5,7H2,1-2H3,(H,13,14);1H. The molecule has 6 heteroatoms. The van der Waals surface area contributed by atoms with E-state index in [1.807, 2.05) is 20.0 Å². The number of halogens is 1. The van der Waals surface area contributed by atoms with Gasteiger partial charge in [-0.25, -0.2) is 0 Å². The molecule has 5 nitrogen and oxygen atoms in total. The van der Waals surface area contributed by atoms with Gasteiger partial charge in [-0.1, -0.05) is 6.92 Å². The molecule has 0 spiro atoms. The number of aryl methyl sites for hydroxylation is 1. The quantitative estimate of drug-likeness (QED) is 0.844. The smallest absolute Gasteiger partial charge is 0.274 e. The average molecular weight is 259 g/mol. The predicted molar refractivity (Wildman–Crippen MR) is 68.6 cm³/mol. The van der Waals surface area contributed by atoms with E-state index in [2.05, 4.69) is 15.5 Å². The summed E-state index contributed by atoms with van der Waals surface area (Å²) in [4.78, 5) is 13.9. The minimum atomic E-state index is 0. The van der Waals surface area contributed by atoms with Crippen LogP contribution in [0.4, 0.5) is 0 Å². The van der Waals surface area contributed by atoms with Crippen LogP contribution in [-0.4, -0.2) is 47.2 Å². The summed E-state index contributed by atoms with van der Waals surface area (Å²) < 4.78 is 0. The van der Waals surface area contributed by atoms with Crippen molar-refractivity contribution in [1.29, 1.82) is 0 Å². The number of nitrogens with zero attached hydrogens (tertiary/aromatic N) is 2. The SMILES string of the molecule is CCc1cc(C(=O)N(C)C2CCNC2)n[nH]1.Cl. The summed E-state index contributed by atoms with van der Waals surface area (Å²) in [6.07, 6.45) is 1.89. The Kier molecular flexibility index (Phi) is 4.96. The topological polar surface area (TPSA) is 61.0 Å². The van der Waals surface area contributed by atoms with E-state index in [0.717, 1.165) is 31.6 Å². The van der Waals surface area contributed by atoms with Gasteiger partial charge in [0.05, 0.1) is 0 Å². The van der Waals surface area contributed by atoms with E-state index < -0.39 is 0 Å². The van der Waals surface area contributed by atoms with Crippen LogP contribution >= 0.6 is 12.4 Å². The number of hydrogen-bond donors (Lipinski definition) is 2. The van der Waals surface area contributed by atoms with E-state index in [1.165, 1.54) is 0 Å². The summed E-state index contributed by atoms with van der Waals surface area (Å²) in [7, 11) is 1.85. The Morgan fingerprint density at radius 3 is 2.94 bits per heavy atom. The molecular weight excluding hydrogens is 240 g/mol. The summed E-state index contributed by atoms with van der Waals surface area (Å²) in [6.45, 7) is 3.91. The van der Waals surface area contributed by atoms with Crippen LogP contribution in [0, 0.1) is 0 Å². The lowest BCUT2D eigenvalue weighted by Crippen LogP contribution is -2.38. The fourth-order valence-electron chi connectivity index (χ4n) is 1.97. The van der Waals surface area contributed by atoms with Crippen molar-refractivity contribution in [1.82, 2.24) is 20.4 Å². The van der Waals surface area contributed by atoms with Gasteiger partial charge in [0.25, 0.3) is 5.91 Å². The zero-order chi connectivity index (χ0) is 11.5. The van der Waals surface area contributed by atoms with Gasteiger partial charge in [0.15, 0.2) is 0 Å². The highest BCUT2D eigenvalue weighted by molar-refractivity contribution is 5.92. The molecule has 17 heavy (non-hydrogen) atoms. The van der Waals surface area contributed by atoms with Crippen molar-refractivity contribution in [3.63, 3.8) is 0 Å². The molecule has 1 aliphatic heterocycles. The maximum absolute atomic E-state index is 12.1. The van der Waals surface area contributed by atoms with Crippen LogP contribution in [-0.2, 0) is 6.42 Å². The Balaban J connectivity index is 0.00000144. The number of H-pyrrole nitrogens is 1. The molecule has 0 aromatic carbocycles. The van der Waals surface area contributed by atoms with E-state index in [4.69, 9.17) is 0 Å². The lowest BCUT2D eigenvalue weighted by Gasteiger charge is -2.22. The number of aromatic nitrogens is 2. The maximum Gasteiger partial charge on any atom is 0.274 e. The molecule has 1 aliphatic rings. The van der Waals surface area contributed by atoms with Crippen LogP contribution in [0.15, 0.2) is 6.07 Å². The number of carbonyl (C=O) groups is 1. The minimum absolute atomic E-state index is 0. The lowest BCUT2D eigenvalue weighted by molar-refractivity contribution is 0.0738. The van der Waals surface area contributed by atoms with Crippen molar-refractivity contribution >= 4 is 18.3 Å². The number of hydrogen-bond acceptors (Lipinski definition) is 3. The van der Waals surface area contributed by atoms with Crippen molar-refractivity contribution in [3.05, 3.63) is 17.5 Å². The number of amides is 1. The number of rotatable bonds is 3. The lowest BCUT2D eigenvalue weighted by atomic mass is 10.2. The first-order valence-electron chi connectivity index (χ1n) is 5.74. The molecule has 1 aromatic heterocycles. The molecule has 0 radical (unpaired) electrons. The van der Waals surface area contributed by atoms with Crippen LogP contribution in [0.1, 0.15) is 29.5 Å². The predicted octanol–water partition coefficient (Wildman–Crippen LogP) is 0.828. The zero-order valence-electron chi connectivity index (χ0n) is 10.2. The molecule has 0 bridgehead atoms. The first-order chi connectivity index (χ1) is 7.72. The van der Waals surface area contributed by atoms with Crippen LogP contribution in [0.3, 0.4) is 0 Å². The van der Waals surface area contributed by atoms with Crippen LogP contribution < -0.4 is 5.32 Å². The summed E-state index contributed by atoms with van der Waals surface area (Å²) in [6, 6.07) is 2.13. The van der Waals surface area contributed by atoms with Gasteiger partial charge in [-0.2, -0.15) is 5.10 Å². The van der Waals surface area contributed by atoms with Crippen molar-refractivity contribution in [2.45, 2.75) is 25.8 Å². The number of aromatic amines is 1. The minimum Gasteiger partial charge on any atom is -0.336 e. The van der Waals surface area contributed by atoms with E-state index in [-0.39, 0.29) is 18.3 Å². The summed E-state index contributed by atoms with van der Waals surface area (Å²) in [5.74, 6) is 0.00431. The zero-order valence-corrected chi connectivity index (χ0v) is 11.0. The van der Waals surface area contributed by atoms with Crippen molar-refractivity contribution in [2.75, 3.05) is 20.1 Å². The second-order valence-electron chi connectivity index (χ2n) is 4.19. The molecule has 2 rings (SSSR count). The third-order valence-corrected chi connectivity index (χ3v) is 3.13. The van der Waals surface area contributed by atoms with Gasteiger partial charge in [0.1, 0.15) is 5.69 Å². The van der Waals surface area contributed by atoms with Crippen LogP contribution in [0.25, 0.3) is 0 Å². The third kappa shape index (κ3) is 2.98. The Bertz CT molecular complexity index is 373. The Labute approximate surface area is 107 Å². The molecule has 2 N–H and O–H groups in total. The average Bonchev–Trinajstić information content (AvgIpc) is 2.97. The van der Waals surface area contributed by atoms with Gasteiger partial charge in [-0.3, -0.25) is 9.89 Å². The van der Waals surface area contributed by atoms with E-state index in [9.17, 15) is 4.79 Å². The monoisotopic (exact) mass is 258 g/mol. The largest absolute Gasteiger partial charge is 0.336 e. The van der Waals surface area contributed by atoms with Gasteiger partial charge < -0.3 is 10.2 Å². The number of likely N-dealkylation sites (N-methyl/N-ethyl adjacent to an activating group) is 1. The van der Waals surface area contributed by atoms with Crippen molar-refractivity contribution in [3.8, 4) is 0 Å². The van der Waals surface area contributed by atoms with Gasteiger partial charge in [-0.15, -0.1) is 12.4 Å². The molecule has 0 saturated carbocycles. The molecule has 1 unspecified atom stereocenters. The number of nitrogens with one attached hydrogen (secondary N) is 2. The highest BCUT2D eigenvalue weighted by Crippen LogP contribution is 2.10. The maximum atomic E-state index is 12.1. The van der Waals surface area contributed by atoms with Gasteiger partial charge in [-0.05, 0) is 25.5 Å². The molecule has 1 amide bonds. The molecule has 1 saturated heterocycles. The van der Waals surface area contributed by atoms with Crippen molar-refractivity contribution in [2.24, 2.45) is 0 Å². The fourth-order valence-corrected chi connectivity index (χ4v) is 1.97. The first-order valence-corrected chi connectivity index (χ1v) is 5.74. The van der Waals surface area contributed by atoms with Crippen LogP contribution in [0.2, 0.25) is 0 Å². The van der Waals surface area contributed by atoms with E-state index >= 15 is 0 Å². The normalized spacial score (nSPS) is 18.8. The summed E-state index contributed by atoms with van der Waals surface area (Å²) in [5, 5.41) is 10.2. The molecular formula is C11H19ClN4O. The Hall–Kier alpha value is -1.07. The van der Waals surface area contributed by atoms with Gasteiger partial charge in [0.2, 0.25) is 0 Å².